The van der Waals surface area contributed by atoms with Gasteiger partial charge in [-0.15, -0.1) is 21.5 Å². The Kier molecular flexibility index (Phi) is 5.33. The lowest BCUT2D eigenvalue weighted by Crippen LogP contribution is -2.27. The van der Waals surface area contributed by atoms with Crippen molar-refractivity contribution in [3.05, 3.63) is 47.2 Å². The van der Waals surface area contributed by atoms with Crippen molar-refractivity contribution in [2.24, 2.45) is 0 Å². The minimum Gasteiger partial charge on any atom is -0.460 e. The first-order valence-corrected chi connectivity index (χ1v) is 9.16. The number of carbonyl (C=O) groups excluding carboxylic acids is 1. The Morgan fingerprint density at radius 2 is 1.96 bits per heavy atom. The van der Waals surface area contributed by atoms with Crippen LogP contribution in [0.25, 0.3) is 10.6 Å². The molecule has 6 nitrogen and oxygen atoms in total. The van der Waals surface area contributed by atoms with E-state index in [1.165, 1.54) is 0 Å². The summed E-state index contributed by atoms with van der Waals surface area (Å²) in [5, 5.41) is 12.9. The van der Waals surface area contributed by atoms with Gasteiger partial charge in [0, 0.05) is 18.8 Å². The Labute approximate surface area is 150 Å². The molecule has 3 heterocycles. The van der Waals surface area contributed by atoms with E-state index in [4.69, 9.17) is 8.83 Å². The number of amides is 1. The first-order chi connectivity index (χ1) is 12.0. The maximum atomic E-state index is 12.1. The highest BCUT2D eigenvalue weighted by atomic mass is 32.1. The summed E-state index contributed by atoms with van der Waals surface area (Å²) < 4.78 is 11.3. The van der Waals surface area contributed by atoms with E-state index in [1.54, 1.807) is 11.3 Å². The molecular formula is C18H21N3O3S. The molecule has 132 valence electrons. The zero-order valence-corrected chi connectivity index (χ0v) is 15.3. The molecule has 0 aliphatic carbocycles. The third kappa shape index (κ3) is 4.36. The molecule has 3 rings (SSSR count). The van der Waals surface area contributed by atoms with E-state index in [-0.39, 0.29) is 17.9 Å². The van der Waals surface area contributed by atoms with E-state index in [1.807, 2.05) is 50.4 Å². The Morgan fingerprint density at radius 1 is 1.16 bits per heavy atom. The van der Waals surface area contributed by atoms with Crippen molar-refractivity contribution in [3.63, 3.8) is 0 Å². The Bertz CT molecular complexity index is 820. The molecule has 3 aromatic rings. The van der Waals surface area contributed by atoms with E-state index in [9.17, 15) is 4.79 Å². The van der Waals surface area contributed by atoms with Gasteiger partial charge in [0.1, 0.15) is 17.6 Å². The van der Waals surface area contributed by atoms with Crippen LogP contribution >= 0.6 is 11.3 Å². The summed E-state index contributed by atoms with van der Waals surface area (Å²) in [7, 11) is 0. The van der Waals surface area contributed by atoms with Gasteiger partial charge in [-0.1, -0.05) is 19.9 Å². The van der Waals surface area contributed by atoms with Gasteiger partial charge in [0.15, 0.2) is 0 Å². The Morgan fingerprint density at radius 3 is 2.64 bits per heavy atom. The second-order valence-corrected chi connectivity index (χ2v) is 7.11. The van der Waals surface area contributed by atoms with E-state index in [2.05, 4.69) is 15.5 Å². The fourth-order valence-corrected chi connectivity index (χ4v) is 3.02. The van der Waals surface area contributed by atoms with Crippen LogP contribution in [0.15, 0.2) is 38.5 Å². The molecule has 7 heteroatoms. The molecule has 0 aromatic carbocycles. The predicted molar refractivity (Wildman–Crippen MR) is 95.3 cm³/mol. The maximum Gasteiger partial charge on any atom is 0.238 e. The Balaban J connectivity index is 1.50. The average Bonchev–Trinajstić information content (AvgIpc) is 3.33. The minimum atomic E-state index is -0.314. The molecule has 0 aliphatic rings. The van der Waals surface area contributed by atoms with Crippen molar-refractivity contribution in [2.75, 3.05) is 0 Å². The molecule has 0 saturated heterocycles. The third-order valence-electron chi connectivity index (χ3n) is 3.72. The van der Waals surface area contributed by atoms with Crippen molar-refractivity contribution in [3.8, 4) is 10.6 Å². The monoisotopic (exact) mass is 359 g/mol. The largest absolute Gasteiger partial charge is 0.460 e. The van der Waals surface area contributed by atoms with Crippen LogP contribution in [0.3, 0.4) is 0 Å². The molecular weight excluding hydrogens is 338 g/mol. The summed E-state index contributed by atoms with van der Waals surface area (Å²) in [5.41, 5.74) is 0. The standard InChI is InChI=1S/C18H21N3O3S/c1-11(2)17-20-21-18(24-17)12(3)19-16(22)9-7-13-6-8-14(23-13)15-5-4-10-25-15/h4-6,8,10-12H,7,9H2,1-3H3,(H,19,22)/t12-/m1/s1. The summed E-state index contributed by atoms with van der Waals surface area (Å²) in [5.74, 6) is 2.73. The summed E-state index contributed by atoms with van der Waals surface area (Å²) in [6, 6.07) is 7.54. The molecule has 0 radical (unpaired) electrons. The molecule has 0 saturated carbocycles. The van der Waals surface area contributed by atoms with Gasteiger partial charge < -0.3 is 14.2 Å². The van der Waals surface area contributed by atoms with E-state index >= 15 is 0 Å². The van der Waals surface area contributed by atoms with Gasteiger partial charge in [-0.2, -0.15) is 0 Å². The summed E-state index contributed by atoms with van der Waals surface area (Å²) in [4.78, 5) is 13.2. The van der Waals surface area contributed by atoms with Crippen LogP contribution < -0.4 is 5.32 Å². The third-order valence-corrected chi connectivity index (χ3v) is 4.61. The number of thiophene rings is 1. The number of nitrogens with one attached hydrogen (secondary N) is 1. The highest BCUT2D eigenvalue weighted by Crippen LogP contribution is 2.27. The Hall–Kier alpha value is -2.41. The van der Waals surface area contributed by atoms with Crippen molar-refractivity contribution in [1.82, 2.24) is 15.5 Å². The lowest BCUT2D eigenvalue weighted by Gasteiger charge is -2.09. The van der Waals surface area contributed by atoms with Crippen molar-refractivity contribution in [2.45, 2.75) is 45.6 Å². The number of aromatic nitrogens is 2. The van der Waals surface area contributed by atoms with E-state index < -0.39 is 0 Å². The number of furan rings is 1. The van der Waals surface area contributed by atoms with Crippen molar-refractivity contribution >= 4 is 17.2 Å². The normalized spacial score (nSPS) is 12.5. The van der Waals surface area contributed by atoms with Gasteiger partial charge in [-0.25, -0.2) is 0 Å². The van der Waals surface area contributed by atoms with Gasteiger partial charge in [0.25, 0.3) is 0 Å². The van der Waals surface area contributed by atoms with Crippen LogP contribution in [0, 0.1) is 0 Å². The van der Waals surface area contributed by atoms with Crippen molar-refractivity contribution < 1.29 is 13.6 Å². The fraction of sp³-hybridized carbons (Fsp3) is 0.389. The van der Waals surface area contributed by atoms with Gasteiger partial charge in [-0.05, 0) is 30.5 Å². The second-order valence-electron chi connectivity index (χ2n) is 6.17. The number of nitrogens with zero attached hydrogens (tertiary/aromatic N) is 2. The fourth-order valence-electron chi connectivity index (χ4n) is 2.33. The molecule has 0 bridgehead atoms. The minimum absolute atomic E-state index is 0.0779. The second kappa shape index (κ2) is 7.65. The number of hydrogen-bond acceptors (Lipinski definition) is 6. The number of hydrogen-bond donors (Lipinski definition) is 1. The first-order valence-electron chi connectivity index (χ1n) is 8.28. The van der Waals surface area contributed by atoms with E-state index in [0.29, 0.717) is 24.6 Å². The van der Waals surface area contributed by atoms with Crippen LogP contribution in [0.4, 0.5) is 0 Å². The molecule has 0 aliphatic heterocycles. The summed E-state index contributed by atoms with van der Waals surface area (Å²) in [6.07, 6.45) is 0.887. The first kappa shape index (κ1) is 17.4. The lowest BCUT2D eigenvalue weighted by atomic mass is 10.2. The average molecular weight is 359 g/mol. The molecule has 25 heavy (non-hydrogen) atoms. The van der Waals surface area contributed by atoms with Gasteiger partial charge in [0.2, 0.25) is 17.7 Å². The van der Waals surface area contributed by atoms with Crippen LogP contribution in [0.1, 0.15) is 56.7 Å². The smallest absolute Gasteiger partial charge is 0.238 e. The maximum absolute atomic E-state index is 12.1. The number of carbonyl (C=O) groups is 1. The van der Waals surface area contributed by atoms with Gasteiger partial charge >= 0.3 is 0 Å². The molecule has 1 atom stereocenters. The van der Waals surface area contributed by atoms with Crippen LogP contribution in [-0.4, -0.2) is 16.1 Å². The van der Waals surface area contributed by atoms with Crippen LogP contribution in [-0.2, 0) is 11.2 Å². The summed E-state index contributed by atoms with van der Waals surface area (Å²) in [6.45, 7) is 5.79. The van der Waals surface area contributed by atoms with Gasteiger partial charge in [0.05, 0.1) is 4.88 Å². The lowest BCUT2D eigenvalue weighted by molar-refractivity contribution is -0.121. The van der Waals surface area contributed by atoms with Crippen LogP contribution in [0.2, 0.25) is 0 Å². The zero-order valence-electron chi connectivity index (χ0n) is 14.5. The molecule has 0 fully saturated rings. The molecule has 0 spiro atoms. The quantitative estimate of drug-likeness (QED) is 0.679. The number of aryl methyl sites for hydroxylation is 1. The van der Waals surface area contributed by atoms with Crippen LogP contribution in [0.5, 0.6) is 0 Å². The zero-order chi connectivity index (χ0) is 17.8. The highest BCUT2D eigenvalue weighted by molar-refractivity contribution is 7.13. The number of rotatable bonds is 7. The SMILES string of the molecule is CC(C)c1nnc([C@@H](C)NC(=O)CCc2ccc(-c3cccs3)o2)o1. The topological polar surface area (TPSA) is 81.2 Å². The van der Waals surface area contributed by atoms with Crippen molar-refractivity contribution in [1.29, 1.82) is 0 Å². The van der Waals surface area contributed by atoms with Gasteiger partial charge in [-0.3, -0.25) is 4.79 Å². The predicted octanol–water partition coefficient (Wildman–Crippen LogP) is 4.32. The summed E-state index contributed by atoms with van der Waals surface area (Å²) >= 11 is 1.63. The molecule has 0 unspecified atom stereocenters. The molecule has 1 amide bonds. The molecule has 1 N–H and O–H groups in total. The van der Waals surface area contributed by atoms with E-state index in [0.717, 1.165) is 16.4 Å². The highest BCUT2D eigenvalue weighted by Gasteiger charge is 2.18. The molecule has 3 aromatic heterocycles.